The Balaban J connectivity index is 2.64. The van der Waals surface area contributed by atoms with E-state index in [1.165, 1.54) is 11.1 Å². The molecule has 1 aromatic rings. The first kappa shape index (κ1) is 14.4. The second kappa shape index (κ2) is 5.81. The lowest BCUT2D eigenvalue weighted by atomic mass is 10.1. The fraction of sp³-hybridized carbons (Fsp3) is 0.455. The Labute approximate surface area is 103 Å². The number of nitrogen functional groups attached to an aromatic ring is 1. The molecule has 0 saturated carbocycles. The van der Waals surface area contributed by atoms with Gasteiger partial charge in [0.25, 0.3) is 0 Å². The van der Waals surface area contributed by atoms with Gasteiger partial charge < -0.3 is 10.6 Å². The van der Waals surface area contributed by atoms with Crippen molar-refractivity contribution in [1.29, 1.82) is 5.41 Å². The van der Waals surface area contributed by atoms with E-state index in [0.717, 1.165) is 0 Å². The van der Waals surface area contributed by atoms with Crippen LogP contribution in [0.2, 0.25) is 0 Å². The Morgan fingerprint density at radius 1 is 1.50 bits per heavy atom. The molecule has 0 aliphatic heterocycles. The summed E-state index contributed by atoms with van der Waals surface area (Å²) in [5.74, 6) is -0.185. The van der Waals surface area contributed by atoms with E-state index in [4.69, 9.17) is 11.1 Å². The zero-order valence-electron chi connectivity index (χ0n) is 9.96. The van der Waals surface area contributed by atoms with Crippen molar-refractivity contribution in [2.75, 3.05) is 13.6 Å². The lowest BCUT2D eigenvalue weighted by molar-refractivity contribution is -0.137. The zero-order valence-corrected chi connectivity index (χ0v) is 9.96. The topological polar surface area (TPSA) is 66.0 Å². The van der Waals surface area contributed by atoms with Crippen LogP contribution in [0, 0.1) is 5.41 Å². The van der Waals surface area contributed by atoms with Crippen LogP contribution in [0.3, 0.4) is 0 Å². The van der Waals surface area contributed by atoms with E-state index in [-0.39, 0.29) is 18.9 Å². The molecule has 0 saturated heterocycles. The molecule has 1 rings (SSSR count). The van der Waals surface area contributed by atoms with E-state index in [9.17, 15) is 13.2 Å². The predicted octanol–water partition coefficient (Wildman–Crippen LogP) is 1.75. The monoisotopic (exact) mass is 260 g/mol. The fourth-order valence-electron chi connectivity index (χ4n) is 1.50. The van der Waals surface area contributed by atoms with Crippen LogP contribution in [-0.4, -0.2) is 35.5 Å². The minimum Gasteiger partial charge on any atom is -0.382 e. The van der Waals surface area contributed by atoms with Crippen LogP contribution < -0.4 is 5.73 Å². The Kier molecular flexibility index (Phi) is 4.66. The fourth-order valence-corrected chi connectivity index (χ4v) is 1.50. The normalized spacial score (nSPS) is 11.8. The molecule has 0 bridgehead atoms. The molecule has 18 heavy (non-hydrogen) atoms. The van der Waals surface area contributed by atoms with Gasteiger partial charge >= 0.3 is 6.18 Å². The summed E-state index contributed by atoms with van der Waals surface area (Å²) in [6, 6.07) is 3.37. The third-order valence-electron chi connectivity index (χ3n) is 2.36. The molecule has 0 unspecified atom stereocenters. The minimum absolute atomic E-state index is 0.101. The van der Waals surface area contributed by atoms with Crippen LogP contribution in [0.25, 0.3) is 0 Å². The van der Waals surface area contributed by atoms with E-state index >= 15 is 0 Å². The lowest BCUT2D eigenvalue weighted by Gasteiger charge is -2.18. The maximum Gasteiger partial charge on any atom is 0.390 e. The number of alkyl halides is 3. The Bertz CT molecular complexity index is 417. The second-order valence-electron chi connectivity index (χ2n) is 4.03. The summed E-state index contributed by atoms with van der Waals surface area (Å²) in [7, 11) is 1.59. The molecule has 3 N–H and O–H groups in total. The molecule has 1 heterocycles. The van der Waals surface area contributed by atoms with Gasteiger partial charge in [0.2, 0.25) is 0 Å². The van der Waals surface area contributed by atoms with Gasteiger partial charge in [-0.1, -0.05) is 6.07 Å². The van der Waals surface area contributed by atoms with E-state index in [1.807, 2.05) is 0 Å². The molecule has 100 valence electrons. The quantitative estimate of drug-likeness (QED) is 0.626. The van der Waals surface area contributed by atoms with Crippen molar-refractivity contribution in [2.24, 2.45) is 5.73 Å². The number of pyridine rings is 1. The lowest BCUT2D eigenvalue weighted by Crippen LogP contribution is -2.26. The Morgan fingerprint density at radius 3 is 2.72 bits per heavy atom. The maximum atomic E-state index is 12.1. The number of nitrogens with two attached hydrogens (primary N) is 1. The third kappa shape index (κ3) is 4.70. The number of rotatable bonds is 5. The summed E-state index contributed by atoms with van der Waals surface area (Å²) in [6.07, 6.45) is -3.53. The first-order chi connectivity index (χ1) is 8.29. The predicted molar refractivity (Wildman–Crippen MR) is 62.3 cm³/mol. The van der Waals surface area contributed by atoms with Crippen molar-refractivity contribution < 1.29 is 13.2 Å². The molecule has 7 heteroatoms. The summed E-state index contributed by atoms with van der Waals surface area (Å²) in [6.45, 7) is 0.175. The largest absolute Gasteiger partial charge is 0.390 e. The number of aromatic nitrogens is 1. The number of halogens is 3. The van der Waals surface area contributed by atoms with Crippen LogP contribution in [0.15, 0.2) is 18.3 Å². The average Bonchev–Trinajstić information content (AvgIpc) is 2.26. The number of hydrogen-bond acceptors (Lipinski definition) is 3. The van der Waals surface area contributed by atoms with Crippen molar-refractivity contribution in [3.8, 4) is 0 Å². The summed E-state index contributed by atoms with van der Waals surface area (Å²) >= 11 is 0. The van der Waals surface area contributed by atoms with Crippen LogP contribution in [-0.2, 0) is 6.54 Å². The molecule has 0 atom stereocenters. The van der Waals surface area contributed by atoms with Gasteiger partial charge in [0, 0.05) is 19.3 Å². The SMILES string of the molecule is CN(CCC(F)(F)F)Cc1cccnc1C(=N)N. The van der Waals surface area contributed by atoms with Crippen LogP contribution in [0.4, 0.5) is 13.2 Å². The molecule has 0 amide bonds. The number of nitrogens with one attached hydrogen (secondary N) is 1. The van der Waals surface area contributed by atoms with Crippen molar-refractivity contribution in [1.82, 2.24) is 9.88 Å². The summed E-state index contributed by atoms with van der Waals surface area (Å²) in [5, 5.41) is 7.34. The Hall–Kier alpha value is -1.63. The van der Waals surface area contributed by atoms with Crippen LogP contribution in [0.1, 0.15) is 17.7 Å². The first-order valence-electron chi connectivity index (χ1n) is 5.33. The highest BCUT2D eigenvalue weighted by molar-refractivity contribution is 5.94. The molecule has 0 fully saturated rings. The van der Waals surface area contributed by atoms with Crippen molar-refractivity contribution >= 4 is 5.84 Å². The van der Waals surface area contributed by atoms with Gasteiger partial charge in [0.05, 0.1) is 6.42 Å². The van der Waals surface area contributed by atoms with Crippen molar-refractivity contribution in [3.63, 3.8) is 0 Å². The van der Waals surface area contributed by atoms with Crippen LogP contribution in [0.5, 0.6) is 0 Å². The highest BCUT2D eigenvalue weighted by Gasteiger charge is 2.27. The summed E-state index contributed by atoms with van der Waals surface area (Å²) < 4.78 is 36.2. The van der Waals surface area contributed by atoms with Gasteiger partial charge in [-0.15, -0.1) is 0 Å². The number of nitrogens with zero attached hydrogens (tertiary/aromatic N) is 2. The highest BCUT2D eigenvalue weighted by Crippen LogP contribution is 2.20. The molecule has 1 aromatic heterocycles. The van der Waals surface area contributed by atoms with Gasteiger partial charge in [-0.3, -0.25) is 10.4 Å². The van der Waals surface area contributed by atoms with Gasteiger partial charge in [-0.25, -0.2) is 0 Å². The third-order valence-corrected chi connectivity index (χ3v) is 2.36. The molecular weight excluding hydrogens is 245 g/mol. The van der Waals surface area contributed by atoms with Gasteiger partial charge in [-0.2, -0.15) is 13.2 Å². The highest BCUT2D eigenvalue weighted by atomic mass is 19.4. The molecule has 0 aliphatic rings. The summed E-state index contributed by atoms with van der Waals surface area (Å²) in [5.41, 5.74) is 6.32. The van der Waals surface area contributed by atoms with Crippen LogP contribution >= 0.6 is 0 Å². The minimum atomic E-state index is -4.16. The zero-order chi connectivity index (χ0) is 13.8. The average molecular weight is 260 g/mol. The molecule has 0 aliphatic carbocycles. The van der Waals surface area contributed by atoms with Crippen molar-refractivity contribution in [2.45, 2.75) is 19.1 Å². The van der Waals surface area contributed by atoms with Gasteiger partial charge in [0.15, 0.2) is 0 Å². The standard InChI is InChI=1S/C11H15F3N4/c1-18(6-4-11(12,13)14)7-8-3-2-5-17-9(8)10(15)16/h2-3,5H,4,6-7H2,1H3,(H3,15,16). The molecule has 0 radical (unpaired) electrons. The first-order valence-corrected chi connectivity index (χ1v) is 5.33. The maximum absolute atomic E-state index is 12.1. The van der Waals surface area contributed by atoms with Crippen molar-refractivity contribution in [3.05, 3.63) is 29.6 Å². The number of hydrogen-bond donors (Lipinski definition) is 2. The molecule has 0 aromatic carbocycles. The second-order valence-corrected chi connectivity index (χ2v) is 4.03. The molecule has 0 spiro atoms. The molecular formula is C11H15F3N4. The smallest absolute Gasteiger partial charge is 0.382 e. The molecule has 4 nitrogen and oxygen atoms in total. The Morgan fingerprint density at radius 2 is 2.17 bits per heavy atom. The number of amidine groups is 1. The van der Waals surface area contributed by atoms with E-state index in [1.54, 1.807) is 19.2 Å². The van der Waals surface area contributed by atoms with E-state index < -0.39 is 12.6 Å². The van der Waals surface area contributed by atoms with Gasteiger partial charge in [-0.05, 0) is 18.7 Å². The van der Waals surface area contributed by atoms with E-state index in [0.29, 0.717) is 11.3 Å². The van der Waals surface area contributed by atoms with E-state index in [2.05, 4.69) is 4.98 Å². The summed E-state index contributed by atoms with van der Waals surface area (Å²) in [4.78, 5) is 5.47. The van der Waals surface area contributed by atoms with Gasteiger partial charge in [0.1, 0.15) is 11.5 Å².